The van der Waals surface area contributed by atoms with Crippen molar-refractivity contribution in [3.05, 3.63) is 55.7 Å². The van der Waals surface area contributed by atoms with Crippen molar-refractivity contribution in [1.29, 1.82) is 0 Å². The molecule has 0 aliphatic carbocycles. The van der Waals surface area contributed by atoms with Crippen molar-refractivity contribution in [3.8, 4) is 0 Å². The van der Waals surface area contributed by atoms with Gasteiger partial charge in [-0.2, -0.15) is 10.1 Å². The van der Waals surface area contributed by atoms with Crippen molar-refractivity contribution in [2.75, 3.05) is 5.43 Å². The van der Waals surface area contributed by atoms with E-state index in [0.29, 0.717) is 28.7 Å². The molecule has 0 saturated heterocycles. The van der Waals surface area contributed by atoms with Crippen LogP contribution in [0.3, 0.4) is 0 Å². The van der Waals surface area contributed by atoms with Gasteiger partial charge in [0.25, 0.3) is 5.56 Å². The molecule has 0 aliphatic heterocycles. The zero-order valence-corrected chi connectivity index (χ0v) is 14.5. The molecular formula is C16H17ClN6O2. The molecule has 2 aromatic heterocycles. The third kappa shape index (κ3) is 3.20. The Labute approximate surface area is 147 Å². The molecular weight excluding hydrogens is 344 g/mol. The van der Waals surface area contributed by atoms with Gasteiger partial charge in [0.05, 0.1) is 6.21 Å². The van der Waals surface area contributed by atoms with Crippen LogP contribution in [-0.4, -0.2) is 25.3 Å². The normalized spacial score (nSPS) is 11.5. The van der Waals surface area contributed by atoms with Crippen LogP contribution in [0.1, 0.15) is 18.9 Å². The van der Waals surface area contributed by atoms with E-state index in [4.69, 9.17) is 11.6 Å². The lowest BCUT2D eigenvalue weighted by Crippen LogP contribution is -2.29. The summed E-state index contributed by atoms with van der Waals surface area (Å²) in [7, 11) is 1.56. The molecule has 0 saturated carbocycles. The van der Waals surface area contributed by atoms with Crippen LogP contribution in [0, 0.1) is 0 Å². The maximum atomic E-state index is 12.2. The summed E-state index contributed by atoms with van der Waals surface area (Å²) in [6.45, 7) is 2.54. The van der Waals surface area contributed by atoms with Crippen LogP contribution in [0.2, 0.25) is 5.02 Å². The molecule has 1 aromatic carbocycles. The third-order valence-corrected chi connectivity index (χ3v) is 4.07. The predicted octanol–water partition coefficient (Wildman–Crippen LogP) is 1.93. The Morgan fingerprint density at radius 3 is 2.84 bits per heavy atom. The van der Waals surface area contributed by atoms with E-state index in [0.717, 1.165) is 12.0 Å². The van der Waals surface area contributed by atoms with Crippen molar-refractivity contribution in [3.63, 3.8) is 0 Å². The van der Waals surface area contributed by atoms with Gasteiger partial charge in [-0.05, 0) is 12.5 Å². The van der Waals surface area contributed by atoms with Gasteiger partial charge in [-0.3, -0.25) is 14.3 Å². The standard InChI is InChI=1S/C16H17ClN6O2/c1-3-8-23-12-13(22(2)16(25)20-14(12)24)19-15(23)21-18-9-10-6-4-5-7-11(10)17/h4-7,9H,3,8H2,1-2H3,(H,19,21)(H,20,24,25)/b18-9+. The van der Waals surface area contributed by atoms with Gasteiger partial charge in [0.1, 0.15) is 0 Å². The van der Waals surface area contributed by atoms with Crippen molar-refractivity contribution in [2.45, 2.75) is 19.9 Å². The first-order valence-electron chi connectivity index (χ1n) is 7.76. The molecule has 130 valence electrons. The van der Waals surface area contributed by atoms with Crippen molar-refractivity contribution in [2.24, 2.45) is 12.1 Å². The van der Waals surface area contributed by atoms with E-state index in [1.807, 2.05) is 25.1 Å². The zero-order valence-electron chi connectivity index (χ0n) is 13.8. The summed E-state index contributed by atoms with van der Waals surface area (Å²) in [5, 5.41) is 4.73. The summed E-state index contributed by atoms with van der Waals surface area (Å²) in [6, 6.07) is 7.29. The zero-order chi connectivity index (χ0) is 18.0. The average molecular weight is 361 g/mol. The number of hydrogen-bond donors (Lipinski definition) is 2. The van der Waals surface area contributed by atoms with Crippen LogP contribution in [0.25, 0.3) is 11.2 Å². The second-order valence-electron chi connectivity index (χ2n) is 5.47. The van der Waals surface area contributed by atoms with Crippen LogP contribution < -0.4 is 16.7 Å². The van der Waals surface area contributed by atoms with Crippen LogP contribution in [0.15, 0.2) is 39.0 Å². The number of anilines is 1. The van der Waals surface area contributed by atoms with Gasteiger partial charge in [0, 0.05) is 24.2 Å². The number of halogens is 1. The number of hydrazone groups is 1. The SMILES string of the molecule is CCCn1c(N/N=C/c2ccccc2Cl)nc2c1c(=O)[nH]c(=O)n2C. The second kappa shape index (κ2) is 6.94. The lowest BCUT2D eigenvalue weighted by molar-refractivity contribution is 0.698. The fourth-order valence-corrected chi connectivity index (χ4v) is 2.69. The Hall–Kier alpha value is -2.87. The predicted molar refractivity (Wildman–Crippen MR) is 98.6 cm³/mol. The molecule has 0 fully saturated rings. The van der Waals surface area contributed by atoms with E-state index >= 15 is 0 Å². The number of imidazole rings is 1. The number of hydrogen-bond acceptors (Lipinski definition) is 5. The van der Waals surface area contributed by atoms with E-state index in [9.17, 15) is 9.59 Å². The molecule has 9 heteroatoms. The highest BCUT2D eigenvalue weighted by atomic mass is 35.5. The maximum Gasteiger partial charge on any atom is 0.329 e. The third-order valence-electron chi connectivity index (χ3n) is 3.73. The number of fused-ring (bicyclic) bond motifs is 1. The first kappa shape index (κ1) is 17.0. The minimum Gasteiger partial charge on any atom is -0.303 e. The Morgan fingerprint density at radius 1 is 1.36 bits per heavy atom. The van der Waals surface area contributed by atoms with Gasteiger partial charge in [0.2, 0.25) is 5.95 Å². The van der Waals surface area contributed by atoms with E-state index in [-0.39, 0.29) is 0 Å². The van der Waals surface area contributed by atoms with Crippen LogP contribution in [-0.2, 0) is 13.6 Å². The number of aryl methyl sites for hydroxylation is 2. The average Bonchev–Trinajstić information content (AvgIpc) is 2.94. The van der Waals surface area contributed by atoms with E-state index in [2.05, 4.69) is 20.5 Å². The van der Waals surface area contributed by atoms with Crippen LogP contribution in [0.5, 0.6) is 0 Å². The molecule has 3 aromatic rings. The lowest BCUT2D eigenvalue weighted by atomic mass is 10.2. The molecule has 0 spiro atoms. The Morgan fingerprint density at radius 2 is 2.12 bits per heavy atom. The molecule has 0 atom stereocenters. The van der Waals surface area contributed by atoms with Gasteiger partial charge in [-0.15, -0.1) is 0 Å². The van der Waals surface area contributed by atoms with Gasteiger partial charge < -0.3 is 4.57 Å². The van der Waals surface area contributed by atoms with E-state index < -0.39 is 11.2 Å². The summed E-state index contributed by atoms with van der Waals surface area (Å²) in [6.07, 6.45) is 2.36. The van der Waals surface area contributed by atoms with Gasteiger partial charge >= 0.3 is 5.69 Å². The second-order valence-corrected chi connectivity index (χ2v) is 5.88. The van der Waals surface area contributed by atoms with Crippen molar-refractivity contribution in [1.82, 2.24) is 19.1 Å². The maximum absolute atomic E-state index is 12.2. The number of H-pyrrole nitrogens is 1. The summed E-state index contributed by atoms with van der Waals surface area (Å²) >= 11 is 6.09. The molecule has 0 aliphatic rings. The summed E-state index contributed by atoms with van der Waals surface area (Å²) < 4.78 is 3.00. The topological polar surface area (TPSA) is 97.1 Å². The highest BCUT2D eigenvalue weighted by Gasteiger charge is 2.16. The van der Waals surface area contributed by atoms with Crippen molar-refractivity contribution >= 4 is 34.9 Å². The molecule has 0 unspecified atom stereocenters. The molecule has 0 radical (unpaired) electrons. The lowest BCUT2D eigenvalue weighted by Gasteiger charge is -2.06. The molecule has 0 bridgehead atoms. The molecule has 2 heterocycles. The number of rotatable bonds is 5. The molecule has 3 rings (SSSR count). The summed E-state index contributed by atoms with van der Waals surface area (Å²) in [5.74, 6) is 0.381. The summed E-state index contributed by atoms with van der Waals surface area (Å²) in [4.78, 5) is 30.6. The minimum absolute atomic E-state index is 0.303. The summed E-state index contributed by atoms with van der Waals surface area (Å²) in [5.41, 5.74) is 3.24. The first-order valence-corrected chi connectivity index (χ1v) is 8.14. The van der Waals surface area contributed by atoms with Gasteiger partial charge in [0.15, 0.2) is 11.2 Å². The van der Waals surface area contributed by atoms with Gasteiger partial charge in [-0.1, -0.05) is 36.7 Å². The fourth-order valence-electron chi connectivity index (χ4n) is 2.50. The number of nitrogens with zero attached hydrogens (tertiary/aromatic N) is 4. The Balaban J connectivity index is 2.04. The number of benzene rings is 1. The number of aromatic amines is 1. The van der Waals surface area contributed by atoms with Gasteiger partial charge in [-0.25, -0.2) is 10.2 Å². The monoisotopic (exact) mass is 360 g/mol. The minimum atomic E-state index is -0.509. The molecule has 0 amide bonds. The molecule has 2 N–H and O–H groups in total. The van der Waals surface area contributed by atoms with Crippen molar-refractivity contribution < 1.29 is 0 Å². The first-order chi connectivity index (χ1) is 12.0. The Kier molecular flexibility index (Phi) is 4.71. The number of nitrogens with one attached hydrogen (secondary N) is 2. The Bertz CT molecular complexity index is 1060. The quantitative estimate of drug-likeness (QED) is 0.536. The highest BCUT2D eigenvalue weighted by Crippen LogP contribution is 2.16. The largest absolute Gasteiger partial charge is 0.329 e. The molecule has 8 nitrogen and oxygen atoms in total. The van der Waals surface area contributed by atoms with E-state index in [1.165, 1.54) is 4.57 Å². The number of aromatic nitrogens is 4. The molecule has 25 heavy (non-hydrogen) atoms. The highest BCUT2D eigenvalue weighted by molar-refractivity contribution is 6.33. The van der Waals surface area contributed by atoms with E-state index in [1.54, 1.807) is 23.9 Å². The van der Waals surface area contributed by atoms with Crippen LogP contribution >= 0.6 is 11.6 Å². The smallest absolute Gasteiger partial charge is 0.303 e. The fraction of sp³-hybridized carbons (Fsp3) is 0.250. The van der Waals surface area contributed by atoms with Crippen LogP contribution in [0.4, 0.5) is 5.95 Å².